The van der Waals surface area contributed by atoms with E-state index in [0.717, 1.165) is 5.56 Å². The lowest BCUT2D eigenvalue weighted by Gasteiger charge is -2.14. The van der Waals surface area contributed by atoms with E-state index in [0.29, 0.717) is 16.4 Å². The third-order valence-corrected chi connectivity index (χ3v) is 3.26. The Labute approximate surface area is 128 Å². The Balaban J connectivity index is 1.89. The van der Waals surface area contributed by atoms with E-state index < -0.39 is 0 Å². The lowest BCUT2D eigenvalue weighted by molar-refractivity contribution is -0.122. The van der Waals surface area contributed by atoms with Crippen LogP contribution in [-0.2, 0) is 9.53 Å². The Morgan fingerprint density at radius 1 is 1.29 bits per heavy atom. The van der Waals surface area contributed by atoms with Crippen molar-refractivity contribution in [2.75, 3.05) is 17.7 Å². The number of ether oxygens (including phenoxy) is 1. The third kappa shape index (κ3) is 4.48. The van der Waals surface area contributed by atoms with Crippen LogP contribution in [0.1, 0.15) is 18.6 Å². The first-order chi connectivity index (χ1) is 10.1. The normalized spacial score (nSPS) is 11.9. The largest absolute Gasteiger partial charge is 0.397 e. The lowest BCUT2D eigenvalue weighted by atomic mass is 10.1. The number of anilines is 2. The van der Waals surface area contributed by atoms with Gasteiger partial charge in [0.15, 0.2) is 0 Å². The summed E-state index contributed by atoms with van der Waals surface area (Å²) in [6.07, 6.45) is -0.159. The number of carbonyl (C=O) groups is 1. The Hall–Kier alpha value is -2.04. The van der Waals surface area contributed by atoms with Crippen LogP contribution >= 0.6 is 11.6 Å². The molecule has 0 aliphatic heterocycles. The minimum Gasteiger partial charge on any atom is -0.397 e. The van der Waals surface area contributed by atoms with Crippen molar-refractivity contribution in [1.82, 2.24) is 0 Å². The molecule has 5 heteroatoms. The molecule has 110 valence electrons. The van der Waals surface area contributed by atoms with Crippen molar-refractivity contribution in [3.05, 3.63) is 59.1 Å². The minimum atomic E-state index is -0.272. The minimum absolute atomic E-state index is 0.0536. The zero-order valence-electron chi connectivity index (χ0n) is 11.7. The first-order valence-corrected chi connectivity index (χ1v) is 6.95. The topological polar surface area (TPSA) is 64.3 Å². The van der Waals surface area contributed by atoms with E-state index in [9.17, 15) is 4.79 Å². The van der Waals surface area contributed by atoms with E-state index in [1.165, 1.54) is 0 Å². The SMILES string of the molecule is CC(OCC(=O)Nc1cc(Cl)ccc1N)c1ccccc1. The molecule has 0 aromatic heterocycles. The van der Waals surface area contributed by atoms with E-state index >= 15 is 0 Å². The molecule has 2 aromatic rings. The van der Waals surface area contributed by atoms with Gasteiger partial charge in [-0.05, 0) is 30.7 Å². The monoisotopic (exact) mass is 304 g/mol. The van der Waals surface area contributed by atoms with Gasteiger partial charge in [0.05, 0.1) is 17.5 Å². The van der Waals surface area contributed by atoms with Crippen LogP contribution in [0, 0.1) is 0 Å². The highest BCUT2D eigenvalue weighted by atomic mass is 35.5. The summed E-state index contributed by atoms with van der Waals surface area (Å²) >= 11 is 5.87. The quantitative estimate of drug-likeness (QED) is 0.829. The molecule has 0 saturated heterocycles. The summed E-state index contributed by atoms with van der Waals surface area (Å²) in [6, 6.07) is 14.6. The molecule has 1 unspecified atom stereocenters. The molecule has 21 heavy (non-hydrogen) atoms. The smallest absolute Gasteiger partial charge is 0.250 e. The number of benzene rings is 2. The summed E-state index contributed by atoms with van der Waals surface area (Å²) in [6.45, 7) is 1.85. The highest BCUT2D eigenvalue weighted by Crippen LogP contribution is 2.23. The highest BCUT2D eigenvalue weighted by Gasteiger charge is 2.10. The molecule has 4 nitrogen and oxygen atoms in total. The predicted molar refractivity (Wildman–Crippen MR) is 85.3 cm³/mol. The molecular formula is C16H17ClN2O2. The number of nitrogen functional groups attached to an aromatic ring is 1. The number of nitrogens with two attached hydrogens (primary N) is 1. The maximum Gasteiger partial charge on any atom is 0.250 e. The molecular weight excluding hydrogens is 288 g/mol. The standard InChI is InChI=1S/C16H17ClN2O2/c1-11(12-5-3-2-4-6-12)21-10-16(20)19-15-9-13(17)7-8-14(15)18/h2-9,11H,10,18H2,1H3,(H,19,20). The van der Waals surface area contributed by atoms with Gasteiger partial charge in [-0.15, -0.1) is 0 Å². The molecule has 3 N–H and O–H groups in total. The van der Waals surface area contributed by atoms with Crippen LogP contribution in [0.2, 0.25) is 5.02 Å². The van der Waals surface area contributed by atoms with Gasteiger partial charge in [0.1, 0.15) is 6.61 Å². The fourth-order valence-electron chi connectivity index (χ4n) is 1.84. The van der Waals surface area contributed by atoms with Gasteiger partial charge in [0.25, 0.3) is 0 Å². The van der Waals surface area contributed by atoms with Crippen molar-refractivity contribution in [2.45, 2.75) is 13.0 Å². The zero-order chi connectivity index (χ0) is 15.2. The molecule has 1 atom stereocenters. The zero-order valence-corrected chi connectivity index (χ0v) is 12.4. The van der Waals surface area contributed by atoms with Crippen molar-refractivity contribution in [3.8, 4) is 0 Å². The van der Waals surface area contributed by atoms with Gasteiger partial charge in [-0.25, -0.2) is 0 Å². The maximum atomic E-state index is 11.9. The Morgan fingerprint density at radius 3 is 2.71 bits per heavy atom. The second-order valence-corrected chi connectivity index (χ2v) is 5.08. The summed E-state index contributed by atoms with van der Waals surface area (Å²) in [7, 11) is 0. The van der Waals surface area contributed by atoms with Crippen LogP contribution in [-0.4, -0.2) is 12.5 Å². The van der Waals surface area contributed by atoms with Crippen LogP contribution in [0.3, 0.4) is 0 Å². The molecule has 2 aromatic carbocycles. The van der Waals surface area contributed by atoms with Crippen LogP contribution in [0.15, 0.2) is 48.5 Å². The number of halogens is 1. The van der Waals surface area contributed by atoms with Gasteiger partial charge >= 0.3 is 0 Å². The van der Waals surface area contributed by atoms with Gasteiger partial charge in [-0.2, -0.15) is 0 Å². The summed E-state index contributed by atoms with van der Waals surface area (Å²) in [4.78, 5) is 11.9. The van der Waals surface area contributed by atoms with E-state index in [1.807, 2.05) is 37.3 Å². The van der Waals surface area contributed by atoms with E-state index in [4.69, 9.17) is 22.1 Å². The number of nitrogens with one attached hydrogen (secondary N) is 1. The van der Waals surface area contributed by atoms with Crippen molar-refractivity contribution < 1.29 is 9.53 Å². The first kappa shape index (κ1) is 15.4. The number of carbonyl (C=O) groups excluding carboxylic acids is 1. The molecule has 0 aliphatic rings. The second kappa shape index (κ2) is 7.11. The van der Waals surface area contributed by atoms with Crippen molar-refractivity contribution >= 4 is 28.9 Å². The van der Waals surface area contributed by atoms with Gasteiger partial charge in [0.2, 0.25) is 5.91 Å². The molecule has 0 aliphatic carbocycles. The van der Waals surface area contributed by atoms with Gasteiger partial charge in [-0.1, -0.05) is 41.9 Å². The number of rotatable bonds is 5. The molecule has 0 saturated carbocycles. The Morgan fingerprint density at radius 2 is 2.00 bits per heavy atom. The predicted octanol–water partition coefficient (Wildman–Crippen LogP) is 3.64. The number of amides is 1. The molecule has 1 amide bonds. The van der Waals surface area contributed by atoms with Gasteiger partial charge in [0, 0.05) is 5.02 Å². The molecule has 0 bridgehead atoms. The number of hydrogen-bond acceptors (Lipinski definition) is 3. The van der Waals surface area contributed by atoms with Crippen molar-refractivity contribution in [1.29, 1.82) is 0 Å². The molecule has 0 fully saturated rings. The molecule has 0 radical (unpaired) electrons. The molecule has 0 spiro atoms. The second-order valence-electron chi connectivity index (χ2n) is 4.64. The van der Waals surface area contributed by atoms with Crippen molar-refractivity contribution in [2.24, 2.45) is 0 Å². The first-order valence-electron chi connectivity index (χ1n) is 6.57. The third-order valence-electron chi connectivity index (χ3n) is 3.02. The fourth-order valence-corrected chi connectivity index (χ4v) is 2.02. The summed E-state index contributed by atoms with van der Waals surface area (Å²) in [5.74, 6) is -0.272. The van der Waals surface area contributed by atoms with Crippen LogP contribution in [0.4, 0.5) is 11.4 Å². The molecule has 2 rings (SSSR count). The average molecular weight is 305 g/mol. The van der Waals surface area contributed by atoms with Gasteiger partial charge < -0.3 is 15.8 Å². The Bertz CT molecular complexity index is 617. The average Bonchev–Trinajstić information content (AvgIpc) is 2.49. The van der Waals surface area contributed by atoms with Crippen LogP contribution in [0.5, 0.6) is 0 Å². The highest BCUT2D eigenvalue weighted by molar-refractivity contribution is 6.31. The van der Waals surface area contributed by atoms with E-state index in [2.05, 4.69) is 5.32 Å². The summed E-state index contributed by atoms with van der Waals surface area (Å²) in [5.41, 5.74) is 7.74. The van der Waals surface area contributed by atoms with E-state index in [-0.39, 0.29) is 18.6 Å². The lowest BCUT2D eigenvalue weighted by Crippen LogP contribution is -2.20. The molecule has 0 heterocycles. The Kier molecular flexibility index (Phi) is 5.20. The van der Waals surface area contributed by atoms with Gasteiger partial charge in [-0.3, -0.25) is 4.79 Å². The maximum absolute atomic E-state index is 11.9. The number of hydrogen-bond donors (Lipinski definition) is 2. The van der Waals surface area contributed by atoms with Crippen LogP contribution < -0.4 is 11.1 Å². The summed E-state index contributed by atoms with van der Waals surface area (Å²) < 4.78 is 5.55. The summed E-state index contributed by atoms with van der Waals surface area (Å²) in [5, 5.41) is 3.20. The van der Waals surface area contributed by atoms with Crippen LogP contribution in [0.25, 0.3) is 0 Å². The van der Waals surface area contributed by atoms with Crippen molar-refractivity contribution in [3.63, 3.8) is 0 Å². The van der Waals surface area contributed by atoms with E-state index in [1.54, 1.807) is 18.2 Å². The fraction of sp³-hybridized carbons (Fsp3) is 0.188.